The zero-order chi connectivity index (χ0) is 20.0. The third-order valence-electron chi connectivity index (χ3n) is 4.43. The molecule has 0 aromatic heterocycles. The molecule has 2 aromatic rings. The second-order valence-corrected chi connectivity index (χ2v) is 7.21. The number of benzene rings is 2. The highest BCUT2D eigenvalue weighted by atomic mass is 19.1. The van der Waals surface area contributed by atoms with Gasteiger partial charge >= 0.3 is 11.8 Å². The number of carbonyl (C=O) groups is 2. The number of para-hydroxylation sites is 1. The van der Waals surface area contributed by atoms with Gasteiger partial charge in [-0.2, -0.15) is 0 Å². The molecule has 0 unspecified atom stereocenters. The maximum absolute atomic E-state index is 12.9. The zero-order valence-corrected chi connectivity index (χ0v) is 16.3. The minimum absolute atomic E-state index is 0.223. The normalized spacial score (nSPS) is 10.9. The molecule has 0 bridgehead atoms. The van der Waals surface area contributed by atoms with Gasteiger partial charge in [-0.25, -0.2) is 4.39 Å². The summed E-state index contributed by atoms with van der Waals surface area (Å²) in [6.45, 7) is 8.52. The number of halogens is 1. The van der Waals surface area contributed by atoms with Crippen molar-refractivity contribution < 1.29 is 14.0 Å². The van der Waals surface area contributed by atoms with E-state index in [-0.39, 0.29) is 17.7 Å². The van der Waals surface area contributed by atoms with Gasteiger partial charge in [-0.1, -0.05) is 58.0 Å². The quantitative estimate of drug-likeness (QED) is 0.742. The first-order chi connectivity index (χ1) is 12.8. The van der Waals surface area contributed by atoms with Crippen LogP contribution in [0.15, 0.2) is 42.5 Å². The van der Waals surface area contributed by atoms with Crippen LogP contribution in [0.4, 0.5) is 10.1 Å². The smallest absolute Gasteiger partial charge is 0.313 e. The van der Waals surface area contributed by atoms with E-state index in [2.05, 4.69) is 38.3 Å². The number of anilines is 1. The van der Waals surface area contributed by atoms with E-state index in [1.165, 1.54) is 12.1 Å². The fourth-order valence-corrected chi connectivity index (χ4v) is 2.92. The van der Waals surface area contributed by atoms with Crippen LogP contribution in [0.1, 0.15) is 56.2 Å². The summed E-state index contributed by atoms with van der Waals surface area (Å²) in [5.41, 5.74) is 3.63. The average Bonchev–Trinajstić information content (AvgIpc) is 2.62. The van der Waals surface area contributed by atoms with Crippen LogP contribution in [0.5, 0.6) is 0 Å². The molecule has 2 aromatic carbocycles. The predicted octanol–water partition coefficient (Wildman–Crippen LogP) is 4.37. The SMILES string of the molecule is CC(C)c1cccc(C(C)C)c1NC(=O)C(=O)NCCc1ccc(F)cc1. The molecule has 0 aliphatic rings. The molecule has 4 nitrogen and oxygen atoms in total. The number of carbonyl (C=O) groups excluding carboxylic acids is 2. The van der Waals surface area contributed by atoms with E-state index < -0.39 is 11.8 Å². The minimum atomic E-state index is -0.677. The van der Waals surface area contributed by atoms with Crippen LogP contribution in [-0.4, -0.2) is 18.4 Å². The maximum atomic E-state index is 12.9. The molecule has 0 heterocycles. The molecular formula is C22H27FN2O2. The van der Waals surface area contributed by atoms with Crippen molar-refractivity contribution in [2.75, 3.05) is 11.9 Å². The Morgan fingerprint density at radius 2 is 1.44 bits per heavy atom. The molecule has 0 aliphatic heterocycles. The van der Waals surface area contributed by atoms with Crippen LogP contribution >= 0.6 is 0 Å². The van der Waals surface area contributed by atoms with Crippen LogP contribution in [0.2, 0.25) is 0 Å². The van der Waals surface area contributed by atoms with Crippen LogP contribution < -0.4 is 10.6 Å². The van der Waals surface area contributed by atoms with Crippen molar-refractivity contribution in [3.63, 3.8) is 0 Å². The lowest BCUT2D eigenvalue weighted by Gasteiger charge is -2.20. The van der Waals surface area contributed by atoms with E-state index in [4.69, 9.17) is 0 Å². The largest absolute Gasteiger partial charge is 0.347 e. The summed E-state index contributed by atoms with van der Waals surface area (Å²) >= 11 is 0. The first-order valence-electron chi connectivity index (χ1n) is 9.26. The summed E-state index contributed by atoms with van der Waals surface area (Å²) in [5, 5.41) is 5.42. The van der Waals surface area contributed by atoms with Crippen LogP contribution in [0.3, 0.4) is 0 Å². The van der Waals surface area contributed by atoms with Gasteiger partial charge in [0.05, 0.1) is 0 Å². The van der Waals surface area contributed by atoms with Crippen LogP contribution in [-0.2, 0) is 16.0 Å². The maximum Gasteiger partial charge on any atom is 0.313 e. The Morgan fingerprint density at radius 3 is 1.96 bits per heavy atom. The summed E-state index contributed by atoms with van der Waals surface area (Å²) < 4.78 is 12.9. The molecule has 27 heavy (non-hydrogen) atoms. The van der Waals surface area contributed by atoms with Crippen molar-refractivity contribution in [3.05, 3.63) is 65.0 Å². The first-order valence-corrected chi connectivity index (χ1v) is 9.26. The molecular weight excluding hydrogens is 343 g/mol. The van der Waals surface area contributed by atoms with Gasteiger partial charge in [0.25, 0.3) is 0 Å². The standard InChI is InChI=1S/C22H27FN2O2/c1-14(2)18-6-5-7-19(15(3)4)20(18)25-22(27)21(26)24-13-12-16-8-10-17(23)11-9-16/h5-11,14-15H,12-13H2,1-4H3,(H,24,26)(H,25,27). The highest BCUT2D eigenvalue weighted by Crippen LogP contribution is 2.32. The van der Waals surface area contributed by atoms with Gasteiger partial charge in [0.15, 0.2) is 0 Å². The molecule has 0 atom stereocenters. The zero-order valence-electron chi connectivity index (χ0n) is 16.3. The molecule has 144 valence electrons. The monoisotopic (exact) mass is 370 g/mol. The van der Waals surface area contributed by atoms with Crippen LogP contribution in [0, 0.1) is 5.82 Å². The van der Waals surface area contributed by atoms with Gasteiger partial charge in [-0.05, 0) is 47.1 Å². The first kappa shape index (κ1) is 20.6. The Labute approximate surface area is 160 Å². The van der Waals surface area contributed by atoms with Gasteiger partial charge in [-0.3, -0.25) is 9.59 Å². The van der Waals surface area contributed by atoms with Gasteiger partial charge < -0.3 is 10.6 Å². The van der Waals surface area contributed by atoms with E-state index in [1.54, 1.807) is 12.1 Å². The van der Waals surface area contributed by atoms with Gasteiger partial charge in [0.1, 0.15) is 5.82 Å². The minimum Gasteiger partial charge on any atom is -0.347 e. The lowest BCUT2D eigenvalue weighted by Crippen LogP contribution is -2.37. The van der Waals surface area contributed by atoms with Crippen molar-refractivity contribution in [2.24, 2.45) is 0 Å². The van der Waals surface area contributed by atoms with Crippen molar-refractivity contribution in [2.45, 2.75) is 46.0 Å². The van der Waals surface area contributed by atoms with Crippen molar-refractivity contribution in [3.8, 4) is 0 Å². The second-order valence-electron chi connectivity index (χ2n) is 7.21. The summed E-state index contributed by atoms with van der Waals surface area (Å²) in [4.78, 5) is 24.5. The molecule has 0 radical (unpaired) electrons. The van der Waals surface area contributed by atoms with E-state index in [1.807, 2.05) is 18.2 Å². The number of hydrogen-bond acceptors (Lipinski definition) is 2. The molecule has 0 aliphatic carbocycles. The summed E-state index contributed by atoms with van der Waals surface area (Å²) in [6.07, 6.45) is 0.527. The Bertz CT molecular complexity index is 772. The van der Waals surface area contributed by atoms with E-state index >= 15 is 0 Å². The van der Waals surface area contributed by atoms with Crippen LogP contribution in [0.25, 0.3) is 0 Å². The highest BCUT2D eigenvalue weighted by molar-refractivity contribution is 6.39. The molecule has 5 heteroatoms. The summed E-state index contributed by atoms with van der Waals surface area (Å²) in [5.74, 6) is -1.21. The Hall–Kier alpha value is -2.69. The van der Waals surface area contributed by atoms with E-state index in [9.17, 15) is 14.0 Å². The number of rotatable bonds is 6. The topological polar surface area (TPSA) is 58.2 Å². The number of hydrogen-bond donors (Lipinski definition) is 2. The van der Waals surface area contributed by atoms with Crippen molar-refractivity contribution >= 4 is 17.5 Å². The Morgan fingerprint density at radius 1 is 0.889 bits per heavy atom. The van der Waals surface area contributed by atoms with Gasteiger partial charge in [0.2, 0.25) is 0 Å². The molecule has 0 saturated carbocycles. The average molecular weight is 370 g/mol. The van der Waals surface area contributed by atoms with Gasteiger partial charge in [-0.15, -0.1) is 0 Å². The summed E-state index contributed by atoms with van der Waals surface area (Å²) in [7, 11) is 0. The van der Waals surface area contributed by atoms with Crippen molar-refractivity contribution in [1.82, 2.24) is 5.32 Å². The molecule has 2 amide bonds. The number of amides is 2. The lowest BCUT2D eigenvalue weighted by molar-refractivity contribution is -0.136. The summed E-state index contributed by atoms with van der Waals surface area (Å²) in [6, 6.07) is 12.0. The highest BCUT2D eigenvalue weighted by Gasteiger charge is 2.19. The fourth-order valence-electron chi connectivity index (χ4n) is 2.92. The van der Waals surface area contributed by atoms with Gasteiger partial charge in [0, 0.05) is 12.2 Å². The lowest BCUT2D eigenvalue weighted by atomic mass is 9.92. The molecule has 0 saturated heterocycles. The van der Waals surface area contributed by atoms with Crippen molar-refractivity contribution in [1.29, 1.82) is 0 Å². The third-order valence-corrected chi connectivity index (χ3v) is 4.43. The predicted molar refractivity (Wildman–Crippen MR) is 106 cm³/mol. The van der Waals surface area contributed by atoms with E-state index in [0.29, 0.717) is 13.0 Å². The second kappa shape index (κ2) is 9.31. The fraction of sp³-hybridized carbons (Fsp3) is 0.364. The Kier molecular flexibility index (Phi) is 7.11. The molecule has 0 fully saturated rings. The molecule has 2 N–H and O–H groups in total. The molecule has 2 rings (SSSR count). The third kappa shape index (κ3) is 5.64. The van der Waals surface area contributed by atoms with E-state index in [0.717, 1.165) is 22.4 Å². The Balaban J connectivity index is 2.01. The number of nitrogens with one attached hydrogen (secondary N) is 2. The molecule has 0 spiro atoms.